The Morgan fingerprint density at radius 1 is 1.17 bits per heavy atom. The van der Waals surface area contributed by atoms with Crippen LogP contribution in [-0.2, 0) is 4.79 Å². The molecule has 1 rings (SSSR count). The number of likely N-dealkylation sites (N-methyl/N-ethyl adjacent to an activating group) is 2. The second-order valence-corrected chi connectivity index (χ2v) is 5.28. The SMILES string of the molecule is CC(C)[C@@H](C(N)=O)N(C)C(=O)N1CCN(C)CC1. The predicted octanol–water partition coefficient (Wildman–Crippen LogP) is -0.204. The van der Waals surface area contributed by atoms with E-state index >= 15 is 0 Å². The van der Waals surface area contributed by atoms with Crippen molar-refractivity contribution in [3.05, 3.63) is 0 Å². The van der Waals surface area contributed by atoms with Crippen molar-refractivity contribution in [2.45, 2.75) is 19.9 Å². The average Bonchev–Trinajstić information content (AvgIpc) is 2.28. The van der Waals surface area contributed by atoms with Gasteiger partial charge in [-0.2, -0.15) is 0 Å². The summed E-state index contributed by atoms with van der Waals surface area (Å²) in [6.45, 7) is 6.91. The molecule has 0 aliphatic carbocycles. The molecule has 0 aromatic carbocycles. The molecule has 1 aliphatic rings. The van der Waals surface area contributed by atoms with Crippen molar-refractivity contribution < 1.29 is 9.59 Å². The van der Waals surface area contributed by atoms with Crippen LogP contribution in [0.2, 0.25) is 0 Å². The molecule has 0 aromatic rings. The van der Waals surface area contributed by atoms with Crippen LogP contribution in [0.4, 0.5) is 4.79 Å². The van der Waals surface area contributed by atoms with E-state index in [0.717, 1.165) is 13.1 Å². The van der Waals surface area contributed by atoms with E-state index in [0.29, 0.717) is 13.1 Å². The fourth-order valence-electron chi connectivity index (χ4n) is 2.31. The third kappa shape index (κ3) is 3.35. The highest BCUT2D eigenvalue weighted by atomic mass is 16.2. The van der Waals surface area contributed by atoms with E-state index in [4.69, 9.17) is 5.73 Å². The standard InChI is InChI=1S/C12H24N4O2/c1-9(2)10(11(13)17)15(4)12(18)16-7-5-14(3)6-8-16/h9-10H,5-8H2,1-4H3,(H2,13,17)/t10-/m0/s1. The highest BCUT2D eigenvalue weighted by Crippen LogP contribution is 2.12. The van der Waals surface area contributed by atoms with Crippen LogP contribution in [0.15, 0.2) is 0 Å². The van der Waals surface area contributed by atoms with Crippen LogP contribution >= 0.6 is 0 Å². The Hall–Kier alpha value is -1.30. The Bertz CT molecular complexity index is 311. The molecule has 3 amide bonds. The minimum absolute atomic E-state index is 0.0175. The van der Waals surface area contributed by atoms with Crippen LogP contribution in [0.25, 0.3) is 0 Å². The van der Waals surface area contributed by atoms with E-state index in [1.165, 1.54) is 4.90 Å². The number of carbonyl (C=O) groups is 2. The normalized spacial score (nSPS) is 18.8. The zero-order valence-corrected chi connectivity index (χ0v) is 11.7. The topological polar surface area (TPSA) is 69.9 Å². The Morgan fingerprint density at radius 3 is 2.06 bits per heavy atom. The molecule has 0 radical (unpaired) electrons. The van der Waals surface area contributed by atoms with E-state index in [1.54, 1.807) is 11.9 Å². The molecule has 104 valence electrons. The number of amides is 3. The van der Waals surface area contributed by atoms with Gasteiger partial charge in [-0.25, -0.2) is 4.79 Å². The van der Waals surface area contributed by atoms with Gasteiger partial charge in [0, 0.05) is 33.2 Å². The van der Waals surface area contributed by atoms with Gasteiger partial charge in [0.15, 0.2) is 0 Å². The second kappa shape index (κ2) is 6.04. The van der Waals surface area contributed by atoms with Crippen molar-refractivity contribution in [3.63, 3.8) is 0 Å². The third-order valence-corrected chi connectivity index (χ3v) is 3.42. The number of rotatable bonds is 3. The van der Waals surface area contributed by atoms with Crippen LogP contribution in [0.5, 0.6) is 0 Å². The molecular formula is C12H24N4O2. The Morgan fingerprint density at radius 2 is 1.67 bits per heavy atom. The molecule has 1 fully saturated rings. The Balaban J connectivity index is 2.67. The summed E-state index contributed by atoms with van der Waals surface area (Å²) < 4.78 is 0. The van der Waals surface area contributed by atoms with Gasteiger partial charge in [0.1, 0.15) is 6.04 Å². The number of nitrogens with zero attached hydrogens (tertiary/aromatic N) is 3. The minimum Gasteiger partial charge on any atom is -0.368 e. The average molecular weight is 256 g/mol. The molecule has 6 nitrogen and oxygen atoms in total. The number of hydrogen-bond donors (Lipinski definition) is 1. The molecule has 0 aromatic heterocycles. The van der Waals surface area contributed by atoms with Gasteiger partial charge in [-0.3, -0.25) is 4.79 Å². The molecule has 0 spiro atoms. The van der Waals surface area contributed by atoms with Crippen molar-refractivity contribution in [2.24, 2.45) is 11.7 Å². The van der Waals surface area contributed by atoms with E-state index in [2.05, 4.69) is 4.90 Å². The quantitative estimate of drug-likeness (QED) is 0.760. The van der Waals surface area contributed by atoms with Gasteiger partial charge >= 0.3 is 6.03 Å². The monoisotopic (exact) mass is 256 g/mol. The van der Waals surface area contributed by atoms with Crippen molar-refractivity contribution in [1.82, 2.24) is 14.7 Å². The summed E-state index contributed by atoms with van der Waals surface area (Å²) in [5.41, 5.74) is 5.37. The van der Waals surface area contributed by atoms with Crippen molar-refractivity contribution in [2.75, 3.05) is 40.3 Å². The van der Waals surface area contributed by atoms with Crippen LogP contribution in [0.1, 0.15) is 13.8 Å². The second-order valence-electron chi connectivity index (χ2n) is 5.28. The number of carbonyl (C=O) groups excluding carboxylic acids is 2. The Labute approximate surface area is 109 Å². The summed E-state index contributed by atoms with van der Waals surface area (Å²) in [7, 11) is 3.68. The van der Waals surface area contributed by atoms with Gasteiger partial charge in [-0.05, 0) is 13.0 Å². The lowest BCUT2D eigenvalue weighted by Gasteiger charge is -2.37. The number of hydrogen-bond acceptors (Lipinski definition) is 3. The highest BCUT2D eigenvalue weighted by Gasteiger charge is 2.31. The van der Waals surface area contributed by atoms with Crippen LogP contribution < -0.4 is 5.73 Å². The molecule has 1 aliphatic heterocycles. The zero-order chi connectivity index (χ0) is 13.9. The maximum Gasteiger partial charge on any atom is 0.320 e. The zero-order valence-electron chi connectivity index (χ0n) is 11.7. The first-order valence-corrected chi connectivity index (χ1v) is 6.34. The van der Waals surface area contributed by atoms with E-state index < -0.39 is 11.9 Å². The lowest BCUT2D eigenvalue weighted by molar-refractivity contribution is -0.123. The summed E-state index contributed by atoms with van der Waals surface area (Å²) in [5.74, 6) is -0.432. The molecule has 0 saturated carbocycles. The first-order chi connectivity index (χ1) is 8.34. The summed E-state index contributed by atoms with van der Waals surface area (Å²) in [6.07, 6.45) is 0. The molecule has 18 heavy (non-hydrogen) atoms. The number of nitrogens with two attached hydrogens (primary N) is 1. The third-order valence-electron chi connectivity index (χ3n) is 3.42. The van der Waals surface area contributed by atoms with Crippen molar-refractivity contribution >= 4 is 11.9 Å². The first-order valence-electron chi connectivity index (χ1n) is 6.34. The fraction of sp³-hybridized carbons (Fsp3) is 0.833. The van der Waals surface area contributed by atoms with Crippen LogP contribution in [0.3, 0.4) is 0 Å². The largest absolute Gasteiger partial charge is 0.368 e. The Kier molecular flexibility index (Phi) is 4.95. The first kappa shape index (κ1) is 14.8. The smallest absolute Gasteiger partial charge is 0.320 e. The van der Waals surface area contributed by atoms with Gasteiger partial charge in [-0.15, -0.1) is 0 Å². The van der Waals surface area contributed by atoms with E-state index in [1.807, 2.05) is 20.9 Å². The number of urea groups is 1. The summed E-state index contributed by atoms with van der Waals surface area (Å²) in [6, 6.07) is -0.655. The summed E-state index contributed by atoms with van der Waals surface area (Å²) >= 11 is 0. The molecule has 1 heterocycles. The van der Waals surface area contributed by atoms with Gasteiger partial charge in [0.05, 0.1) is 0 Å². The van der Waals surface area contributed by atoms with E-state index in [9.17, 15) is 9.59 Å². The molecular weight excluding hydrogens is 232 g/mol. The lowest BCUT2D eigenvalue weighted by atomic mass is 10.0. The molecule has 1 atom stereocenters. The summed E-state index contributed by atoms with van der Waals surface area (Å²) in [4.78, 5) is 29.1. The summed E-state index contributed by atoms with van der Waals surface area (Å²) in [5, 5.41) is 0. The maximum absolute atomic E-state index is 12.3. The van der Waals surface area contributed by atoms with Gasteiger partial charge in [0.2, 0.25) is 5.91 Å². The minimum atomic E-state index is -0.544. The van der Waals surface area contributed by atoms with Crippen molar-refractivity contribution in [3.8, 4) is 0 Å². The molecule has 1 saturated heterocycles. The van der Waals surface area contributed by atoms with Crippen LogP contribution in [0, 0.1) is 5.92 Å². The molecule has 2 N–H and O–H groups in total. The van der Waals surface area contributed by atoms with Gasteiger partial charge in [0.25, 0.3) is 0 Å². The lowest BCUT2D eigenvalue weighted by Crippen LogP contribution is -2.56. The molecule has 0 unspecified atom stereocenters. The van der Waals surface area contributed by atoms with Gasteiger partial charge in [-0.1, -0.05) is 13.8 Å². The predicted molar refractivity (Wildman–Crippen MR) is 70.0 cm³/mol. The van der Waals surface area contributed by atoms with Gasteiger partial charge < -0.3 is 20.4 Å². The van der Waals surface area contributed by atoms with Crippen LogP contribution in [-0.4, -0.2) is 73.0 Å². The number of primary amides is 1. The maximum atomic E-state index is 12.3. The van der Waals surface area contributed by atoms with E-state index in [-0.39, 0.29) is 11.9 Å². The number of piperazine rings is 1. The highest BCUT2D eigenvalue weighted by molar-refractivity contribution is 5.86. The molecule has 6 heteroatoms. The van der Waals surface area contributed by atoms with Crippen molar-refractivity contribution in [1.29, 1.82) is 0 Å². The fourth-order valence-corrected chi connectivity index (χ4v) is 2.31. The molecule has 0 bridgehead atoms.